The van der Waals surface area contributed by atoms with Gasteiger partial charge in [-0.1, -0.05) is 29.8 Å². The van der Waals surface area contributed by atoms with Crippen molar-refractivity contribution in [1.29, 1.82) is 0 Å². The first-order valence-corrected chi connectivity index (χ1v) is 10.9. The third-order valence-electron chi connectivity index (χ3n) is 5.02. The zero-order chi connectivity index (χ0) is 19.4. The summed E-state index contributed by atoms with van der Waals surface area (Å²) in [6.45, 7) is 3.49. The first-order chi connectivity index (χ1) is 12.9. The average molecular weight is 423 g/mol. The molecule has 1 saturated heterocycles. The predicted octanol–water partition coefficient (Wildman–Crippen LogP) is 3.21. The van der Waals surface area contributed by atoms with Gasteiger partial charge >= 0.3 is 0 Å². The highest BCUT2D eigenvalue weighted by Gasteiger charge is 2.28. The molecule has 0 aromatic heterocycles. The summed E-state index contributed by atoms with van der Waals surface area (Å²) in [4.78, 5) is 15.0. The van der Waals surface area contributed by atoms with Gasteiger partial charge in [0.2, 0.25) is 0 Å². The molecule has 1 amide bonds. The number of halogens is 1. The van der Waals surface area contributed by atoms with E-state index in [1.54, 1.807) is 48.5 Å². The van der Waals surface area contributed by atoms with E-state index in [1.807, 2.05) is 18.9 Å². The third kappa shape index (κ3) is 5.13. The van der Waals surface area contributed by atoms with Crippen LogP contribution in [-0.2, 0) is 15.6 Å². The first kappa shape index (κ1) is 22.4. The van der Waals surface area contributed by atoms with E-state index in [-0.39, 0.29) is 30.1 Å². The Morgan fingerprint density at radius 1 is 1.11 bits per heavy atom. The van der Waals surface area contributed by atoms with Crippen LogP contribution in [-0.4, -0.2) is 45.4 Å². The number of rotatable bonds is 6. The third-order valence-corrected chi connectivity index (χ3v) is 6.72. The van der Waals surface area contributed by atoms with Crippen molar-refractivity contribution in [2.75, 3.05) is 20.1 Å². The number of carbonyl (C=O) groups excluding carboxylic acids is 1. The van der Waals surface area contributed by atoms with Gasteiger partial charge in [0, 0.05) is 24.7 Å². The summed E-state index contributed by atoms with van der Waals surface area (Å²) >= 11 is 0. The summed E-state index contributed by atoms with van der Waals surface area (Å²) in [6, 6.07) is 14.0. The van der Waals surface area contributed by atoms with Crippen molar-refractivity contribution in [3.63, 3.8) is 0 Å². The van der Waals surface area contributed by atoms with Crippen LogP contribution in [0.3, 0.4) is 0 Å². The minimum Gasteiger partial charge on any atom is -0.334 e. The van der Waals surface area contributed by atoms with Crippen molar-refractivity contribution in [2.24, 2.45) is 0 Å². The second kappa shape index (κ2) is 9.54. The molecule has 3 rings (SSSR count). The molecule has 1 unspecified atom stereocenters. The standard InChI is InChI=1S/C21H26N2O3S.ClH/c1-16-5-11-20(12-6-16)27(25,26)15-17-7-9-18(10-8-17)21(24)23-13-3-4-19(23)14-22-2;/h5-12,19,22H,3-4,13-15H2,1-2H3;1H. The van der Waals surface area contributed by atoms with E-state index < -0.39 is 9.84 Å². The second-order valence-corrected chi connectivity index (χ2v) is 9.11. The lowest BCUT2D eigenvalue weighted by Crippen LogP contribution is -2.40. The largest absolute Gasteiger partial charge is 0.334 e. The van der Waals surface area contributed by atoms with Crippen molar-refractivity contribution < 1.29 is 13.2 Å². The Bertz CT molecular complexity index is 896. The molecule has 0 saturated carbocycles. The molecule has 2 aromatic rings. The van der Waals surface area contributed by atoms with Gasteiger partial charge in [-0.3, -0.25) is 4.79 Å². The van der Waals surface area contributed by atoms with Crippen LogP contribution in [0.2, 0.25) is 0 Å². The summed E-state index contributed by atoms with van der Waals surface area (Å²) in [5.74, 6) is -0.0583. The number of likely N-dealkylation sites (N-methyl/N-ethyl adjacent to an activating group) is 1. The molecule has 1 heterocycles. The van der Waals surface area contributed by atoms with Crippen molar-refractivity contribution in [3.8, 4) is 0 Å². The monoisotopic (exact) mass is 422 g/mol. The van der Waals surface area contributed by atoms with Crippen LogP contribution in [0.4, 0.5) is 0 Å². The van der Waals surface area contributed by atoms with Crippen LogP contribution in [0.15, 0.2) is 53.4 Å². The number of amides is 1. The maximum absolute atomic E-state index is 12.8. The molecule has 152 valence electrons. The topological polar surface area (TPSA) is 66.5 Å². The average Bonchev–Trinajstić information content (AvgIpc) is 3.10. The highest BCUT2D eigenvalue weighted by molar-refractivity contribution is 7.90. The van der Waals surface area contributed by atoms with Crippen molar-refractivity contribution >= 4 is 28.2 Å². The molecule has 1 aliphatic rings. The Morgan fingerprint density at radius 2 is 1.75 bits per heavy atom. The lowest BCUT2D eigenvalue weighted by atomic mass is 10.1. The molecule has 0 aliphatic carbocycles. The lowest BCUT2D eigenvalue weighted by Gasteiger charge is -2.24. The van der Waals surface area contributed by atoms with Gasteiger partial charge in [-0.05, 0) is 56.6 Å². The van der Waals surface area contributed by atoms with Crippen LogP contribution < -0.4 is 5.32 Å². The van der Waals surface area contributed by atoms with Gasteiger partial charge in [0.15, 0.2) is 9.84 Å². The normalized spacial score (nSPS) is 16.6. The van der Waals surface area contributed by atoms with Crippen LogP contribution in [0.25, 0.3) is 0 Å². The fourth-order valence-electron chi connectivity index (χ4n) is 3.51. The smallest absolute Gasteiger partial charge is 0.254 e. The zero-order valence-corrected chi connectivity index (χ0v) is 17.9. The molecule has 1 N–H and O–H groups in total. The van der Waals surface area contributed by atoms with E-state index in [4.69, 9.17) is 0 Å². The molecule has 2 aromatic carbocycles. The molecule has 1 atom stereocenters. The maximum atomic E-state index is 12.8. The molecule has 0 radical (unpaired) electrons. The number of carbonyl (C=O) groups is 1. The number of sulfone groups is 1. The maximum Gasteiger partial charge on any atom is 0.254 e. The number of likely N-dealkylation sites (tertiary alicyclic amines) is 1. The van der Waals surface area contributed by atoms with E-state index in [1.165, 1.54) is 0 Å². The van der Waals surface area contributed by atoms with Gasteiger partial charge in [0.1, 0.15) is 0 Å². The quantitative estimate of drug-likeness (QED) is 0.776. The minimum absolute atomic E-state index is 0. The number of nitrogens with one attached hydrogen (secondary N) is 1. The molecule has 7 heteroatoms. The van der Waals surface area contributed by atoms with E-state index >= 15 is 0 Å². The van der Waals surface area contributed by atoms with Gasteiger partial charge in [0.25, 0.3) is 5.91 Å². The Kier molecular flexibility index (Phi) is 7.63. The van der Waals surface area contributed by atoms with Gasteiger partial charge in [-0.2, -0.15) is 0 Å². The Labute approximate surface area is 173 Å². The lowest BCUT2D eigenvalue weighted by molar-refractivity contribution is 0.0737. The summed E-state index contributed by atoms with van der Waals surface area (Å²) in [7, 11) is -1.51. The highest BCUT2D eigenvalue weighted by Crippen LogP contribution is 2.21. The van der Waals surface area contributed by atoms with Gasteiger partial charge in [0.05, 0.1) is 10.6 Å². The van der Waals surface area contributed by atoms with Crippen molar-refractivity contribution in [2.45, 2.75) is 36.5 Å². The molecule has 0 bridgehead atoms. The van der Waals surface area contributed by atoms with Crippen LogP contribution >= 0.6 is 12.4 Å². The number of hydrogen-bond donors (Lipinski definition) is 1. The van der Waals surface area contributed by atoms with E-state index in [9.17, 15) is 13.2 Å². The second-order valence-electron chi connectivity index (χ2n) is 7.12. The Hall–Kier alpha value is -1.89. The molecule has 0 spiro atoms. The number of benzene rings is 2. The summed E-state index contributed by atoms with van der Waals surface area (Å²) in [6.07, 6.45) is 2.03. The van der Waals surface area contributed by atoms with Crippen molar-refractivity contribution in [3.05, 3.63) is 65.2 Å². The molecule has 1 aliphatic heterocycles. The predicted molar refractivity (Wildman–Crippen MR) is 114 cm³/mol. The SMILES string of the molecule is CNCC1CCCN1C(=O)c1ccc(CS(=O)(=O)c2ccc(C)cc2)cc1.Cl. The summed E-state index contributed by atoms with van der Waals surface area (Å²) < 4.78 is 25.1. The van der Waals surface area contributed by atoms with Crippen LogP contribution in [0.1, 0.15) is 34.3 Å². The minimum atomic E-state index is -3.40. The number of hydrogen-bond acceptors (Lipinski definition) is 4. The first-order valence-electron chi connectivity index (χ1n) is 9.24. The number of aryl methyl sites for hydroxylation is 1. The fourth-order valence-corrected chi connectivity index (χ4v) is 4.86. The Morgan fingerprint density at radius 3 is 2.36 bits per heavy atom. The van der Waals surface area contributed by atoms with E-state index in [0.29, 0.717) is 16.0 Å². The Balaban J connectivity index is 0.00000280. The van der Waals surface area contributed by atoms with Gasteiger partial charge in [-0.25, -0.2) is 8.42 Å². The van der Waals surface area contributed by atoms with E-state index in [2.05, 4.69) is 5.32 Å². The molecule has 28 heavy (non-hydrogen) atoms. The molecular formula is C21H27ClN2O3S. The number of nitrogens with zero attached hydrogens (tertiary/aromatic N) is 1. The summed E-state index contributed by atoms with van der Waals surface area (Å²) in [5, 5.41) is 3.14. The van der Waals surface area contributed by atoms with Crippen LogP contribution in [0.5, 0.6) is 0 Å². The fraction of sp³-hybridized carbons (Fsp3) is 0.381. The van der Waals surface area contributed by atoms with Crippen LogP contribution in [0, 0.1) is 6.92 Å². The zero-order valence-electron chi connectivity index (χ0n) is 16.2. The molecule has 5 nitrogen and oxygen atoms in total. The molecule has 1 fully saturated rings. The van der Waals surface area contributed by atoms with Gasteiger partial charge < -0.3 is 10.2 Å². The van der Waals surface area contributed by atoms with E-state index in [0.717, 1.165) is 31.5 Å². The van der Waals surface area contributed by atoms with Gasteiger partial charge in [-0.15, -0.1) is 12.4 Å². The van der Waals surface area contributed by atoms with Crippen molar-refractivity contribution in [1.82, 2.24) is 10.2 Å². The summed E-state index contributed by atoms with van der Waals surface area (Å²) in [5.41, 5.74) is 2.31. The molecular weight excluding hydrogens is 396 g/mol. The highest BCUT2D eigenvalue weighted by atomic mass is 35.5.